The molecule has 0 amide bonds. The Balaban J connectivity index is 2.44. The van der Waals surface area contributed by atoms with E-state index in [1.165, 1.54) is 0 Å². The number of benzene rings is 2. The monoisotopic (exact) mass is 456 g/mol. The van der Waals surface area contributed by atoms with E-state index in [2.05, 4.69) is 15.9 Å². The van der Waals surface area contributed by atoms with E-state index in [-0.39, 0.29) is 5.92 Å². The summed E-state index contributed by atoms with van der Waals surface area (Å²) in [5.74, 6) is 0.996. The maximum absolute atomic E-state index is 11.2. The first-order valence-corrected chi connectivity index (χ1v) is 11.3. The molecule has 0 aliphatic carbocycles. The van der Waals surface area contributed by atoms with E-state index >= 15 is 0 Å². The van der Waals surface area contributed by atoms with Gasteiger partial charge in [0.05, 0.1) is 4.47 Å². The lowest BCUT2D eigenvalue weighted by atomic mass is 9.90. The Morgan fingerprint density at radius 1 is 1.11 bits per heavy atom. The molecule has 0 spiro atoms. The zero-order valence-corrected chi connectivity index (χ0v) is 18.7. The van der Waals surface area contributed by atoms with Crippen molar-refractivity contribution in [2.45, 2.75) is 47.0 Å². The van der Waals surface area contributed by atoms with Crippen molar-refractivity contribution in [3.05, 3.63) is 56.1 Å². The van der Waals surface area contributed by atoms with Crippen LogP contribution in [0.1, 0.15) is 53.1 Å². The Bertz CT molecular complexity index is 873. The van der Waals surface area contributed by atoms with Crippen LogP contribution >= 0.6 is 23.5 Å². The molecule has 0 aliphatic heterocycles. The summed E-state index contributed by atoms with van der Waals surface area (Å²) in [7, 11) is -4.25. The number of hydrogen-bond acceptors (Lipinski definition) is 3. The van der Waals surface area contributed by atoms with Crippen LogP contribution in [0.15, 0.2) is 22.7 Å². The van der Waals surface area contributed by atoms with Crippen LogP contribution in [0, 0.1) is 20.8 Å². The molecule has 0 aliphatic rings. The predicted octanol–water partition coefficient (Wildman–Crippen LogP) is 5.31. The highest BCUT2D eigenvalue weighted by Crippen LogP contribution is 2.41. The second kappa shape index (κ2) is 8.36. The van der Waals surface area contributed by atoms with Gasteiger partial charge >= 0.3 is 7.60 Å². The highest BCUT2D eigenvalue weighted by Gasteiger charge is 2.21. The molecule has 3 N–H and O–H groups in total. The van der Waals surface area contributed by atoms with E-state index in [4.69, 9.17) is 14.5 Å². The Morgan fingerprint density at radius 2 is 1.74 bits per heavy atom. The molecule has 0 saturated heterocycles. The highest BCUT2D eigenvalue weighted by atomic mass is 79.9. The fourth-order valence-corrected chi connectivity index (χ4v) is 4.06. The summed E-state index contributed by atoms with van der Waals surface area (Å²) < 4.78 is 17.3. The number of ether oxygens (including phenoxy) is 1. The number of aromatic hydroxyl groups is 1. The first-order chi connectivity index (χ1) is 12.4. The third-order valence-electron chi connectivity index (χ3n) is 4.81. The third-order valence-corrected chi connectivity index (χ3v) is 6.23. The van der Waals surface area contributed by atoms with E-state index < -0.39 is 13.9 Å². The number of rotatable bonds is 6. The first-order valence-electron chi connectivity index (χ1n) is 8.69. The lowest BCUT2D eigenvalue weighted by molar-refractivity contribution is 0.298. The molecule has 0 radical (unpaired) electrons. The second-order valence-electron chi connectivity index (χ2n) is 7.16. The van der Waals surface area contributed by atoms with Gasteiger partial charge in [-0.1, -0.05) is 26.0 Å². The summed E-state index contributed by atoms with van der Waals surface area (Å²) in [5.41, 5.74) is 5.98. The highest BCUT2D eigenvalue weighted by molar-refractivity contribution is 9.10. The van der Waals surface area contributed by atoms with Crippen LogP contribution in [0.3, 0.4) is 0 Å². The van der Waals surface area contributed by atoms with Crippen molar-refractivity contribution < 1.29 is 24.2 Å². The molecule has 0 bridgehead atoms. The molecular weight excluding hydrogens is 431 g/mol. The summed E-state index contributed by atoms with van der Waals surface area (Å²) in [6.45, 7) is 9.92. The van der Waals surface area contributed by atoms with Crippen molar-refractivity contribution in [3.8, 4) is 11.5 Å². The van der Waals surface area contributed by atoms with Gasteiger partial charge in [-0.25, -0.2) is 0 Å². The van der Waals surface area contributed by atoms with Crippen molar-refractivity contribution in [2.24, 2.45) is 0 Å². The Hall–Kier alpha value is -1.33. The molecule has 0 heterocycles. The summed E-state index contributed by atoms with van der Waals surface area (Å²) in [6.07, 6.45) is 0.0380. The van der Waals surface area contributed by atoms with Gasteiger partial charge in [0.1, 0.15) is 11.5 Å². The van der Waals surface area contributed by atoms with E-state index in [0.717, 1.165) is 33.4 Å². The van der Waals surface area contributed by atoms with Crippen molar-refractivity contribution in [1.82, 2.24) is 0 Å². The van der Waals surface area contributed by atoms with E-state index in [0.29, 0.717) is 22.4 Å². The average molecular weight is 457 g/mol. The van der Waals surface area contributed by atoms with Crippen molar-refractivity contribution >= 4 is 23.5 Å². The smallest absolute Gasteiger partial charge is 0.362 e. The fraction of sp³-hybridized carbons (Fsp3) is 0.400. The normalized spacial score (nSPS) is 11.9. The van der Waals surface area contributed by atoms with Gasteiger partial charge < -0.3 is 19.6 Å². The minimum atomic E-state index is -4.25. The SMILES string of the molecule is Cc1c(C)c(OCP(=O)(O)O)c(Br)c(C)c1Cc1ccc(O)c(C(C)C)c1. The molecule has 0 atom stereocenters. The topological polar surface area (TPSA) is 87.0 Å². The van der Waals surface area contributed by atoms with E-state index in [1.807, 2.05) is 46.8 Å². The first kappa shape index (κ1) is 22.0. The van der Waals surface area contributed by atoms with E-state index in [1.54, 1.807) is 6.07 Å². The lowest BCUT2D eigenvalue weighted by Crippen LogP contribution is -2.06. The molecule has 0 aromatic heterocycles. The minimum absolute atomic E-state index is 0.226. The number of hydrogen-bond donors (Lipinski definition) is 3. The molecule has 0 fully saturated rings. The molecule has 2 aromatic rings. The molecule has 2 rings (SSSR count). The third kappa shape index (κ3) is 5.14. The van der Waals surface area contributed by atoms with Crippen LogP contribution in [0.5, 0.6) is 11.5 Å². The molecule has 0 unspecified atom stereocenters. The summed E-state index contributed by atoms with van der Waals surface area (Å²) >= 11 is 3.53. The minimum Gasteiger partial charge on any atom is -0.508 e. The predicted molar refractivity (Wildman–Crippen MR) is 111 cm³/mol. The summed E-state index contributed by atoms with van der Waals surface area (Å²) in [4.78, 5) is 18.2. The molecule has 5 nitrogen and oxygen atoms in total. The van der Waals surface area contributed by atoms with Gasteiger partial charge in [-0.2, -0.15) is 0 Å². The van der Waals surface area contributed by atoms with Crippen LogP contribution in [-0.4, -0.2) is 21.2 Å². The zero-order valence-electron chi connectivity index (χ0n) is 16.2. The number of phenols is 1. The Labute approximate surface area is 168 Å². The van der Waals surface area contributed by atoms with Crippen LogP contribution in [0.25, 0.3) is 0 Å². The maximum Gasteiger partial charge on any atom is 0.362 e. The van der Waals surface area contributed by atoms with Gasteiger partial charge in [0.25, 0.3) is 0 Å². The molecule has 0 saturated carbocycles. The largest absolute Gasteiger partial charge is 0.508 e. The molecule has 2 aromatic carbocycles. The number of phenolic OH excluding ortho intramolecular Hbond substituents is 1. The van der Waals surface area contributed by atoms with Gasteiger partial charge in [-0.15, -0.1) is 0 Å². The van der Waals surface area contributed by atoms with Gasteiger partial charge in [-0.05, 0) is 88.5 Å². The van der Waals surface area contributed by atoms with Crippen LogP contribution < -0.4 is 4.74 Å². The van der Waals surface area contributed by atoms with Gasteiger partial charge in [0, 0.05) is 0 Å². The molecule has 7 heteroatoms. The van der Waals surface area contributed by atoms with Crippen LogP contribution in [0.4, 0.5) is 0 Å². The average Bonchev–Trinajstić information content (AvgIpc) is 2.57. The summed E-state index contributed by atoms with van der Waals surface area (Å²) in [5, 5.41) is 10.0. The quantitative estimate of drug-likeness (QED) is 0.512. The zero-order chi connectivity index (χ0) is 20.5. The molecular formula is C20H26BrO5P. The van der Waals surface area contributed by atoms with E-state index in [9.17, 15) is 9.67 Å². The van der Waals surface area contributed by atoms with Crippen molar-refractivity contribution in [2.75, 3.05) is 6.35 Å². The maximum atomic E-state index is 11.2. The molecule has 148 valence electrons. The van der Waals surface area contributed by atoms with Crippen molar-refractivity contribution in [1.29, 1.82) is 0 Å². The number of halogens is 1. The fourth-order valence-electron chi connectivity index (χ4n) is 3.11. The second-order valence-corrected chi connectivity index (χ2v) is 9.54. The van der Waals surface area contributed by atoms with Crippen molar-refractivity contribution in [3.63, 3.8) is 0 Å². The Kier molecular flexibility index (Phi) is 6.80. The summed E-state index contributed by atoms with van der Waals surface area (Å²) in [6, 6.07) is 5.68. The van der Waals surface area contributed by atoms with Crippen LogP contribution in [0.2, 0.25) is 0 Å². The Morgan fingerprint density at radius 3 is 2.30 bits per heavy atom. The standard InChI is InChI=1S/C20H26BrO5P/c1-11(2)16-8-15(6-7-18(16)22)9-17-12(3)13(4)20(19(21)14(17)5)26-10-27(23,24)25/h6-8,11,22H,9-10H2,1-5H3,(H2,23,24,25). The van der Waals surface area contributed by atoms with Gasteiger partial charge in [0.2, 0.25) is 0 Å². The van der Waals surface area contributed by atoms with Gasteiger partial charge in [-0.3, -0.25) is 4.57 Å². The van der Waals surface area contributed by atoms with Crippen LogP contribution in [-0.2, 0) is 11.0 Å². The van der Waals surface area contributed by atoms with Gasteiger partial charge in [0.15, 0.2) is 6.35 Å². The lowest BCUT2D eigenvalue weighted by Gasteiger charge is -2.20. The molecule has 27 heavy (non-hydrogen) atoms.